The molecule has 3 rings (SSSR count). The Morgan fingerprint density at radius 2 is 2.18 bits per heavy atom. The number of nitrogens with zero attached hydrogens (tertiary/aromatic N) is 2. The maximum atomic E-state index is 12.3. The lowest BCUT2D eigenvalue weighted by Gasteiger charge is -2.11. The third-order valence-corrected chi connectivity index (χ3v) is 5.17. The summed E-state index contributed by atoms with van der Waals surface area (Å²) >= 11 is 3.30. The van der Waals surface area contributed by atoms with Crippen molar-refractivity contribution in [1.29, 1.82) is 0 Å². The zero-order valence-electron chi connectivity index (χ0n) is 9.41. The van der Waals surface area contributed by atoms with Crippen molar-refractivity contribution in [2.24, 2.45) is 0 Å². The largest absolute Gasteiger partial charge is 0.250 e. The van der Waals surface area contributed by atoms with Crippen LogP contribution in [0.3, 0.4) is 0 Å². The zero-order valence-corrected chi connectivity index (χ0v) is 11.0. The molecule has 17 heavy (non-hydrogen) atoms. The van der Waals surface area contributed by atoms with Gasteiger partial charge in [0.15, 0.2) is 0 Å². The molecule has 0 radical (unpaired) electrons. The normalized spacial score (nSPS) is 15.1. The average molecular weight is 268 g/mol. The molecule has 5 heteroatoms. The minimum atomic E-state index is -0.303. The molecule has 1 aliphatic rings. The highest BCUT2D eigenvalue weighted by Gasteiger charge is 2.19. The molecule has 0 saturated heterocycles. The molecule has 2 nitrogen and oxygen atoms in total. The molecule has 2 heterocycles. The number of thioether (sulfide) groups is 1. The second-order valence-electron chi connectivity index (χ2n) is 4.11. The molecule has 0 saturated carbocycles. The quantitative estimate of drug-likeness (QED) is 0.628. The van der Waals surface area contributed by atoms with Crippen molar-refractivity contribution in [3.63, 3.8) is 0 Å². The highest BCUT2D eigenvalue weighted by Crippen LogP contribution is 2.39. The molecule has 0 fully saturated rings. The Hall–Kier alpha value is -0.680. The summed E-state index contributed by atoms with van der Waals surface area (Å²) in [6, 6.07) is 0. The molecule has 0 bridgehead atoms. The summed E-state index contributed by atoms with van der Waals surface area (Å²) in [7, 11) is 0. The van der Waals surface area contributed by atoms with Crippen LogP contribution in [0.2, 0.25) is 0 Å². The van der Waals surface area contributed by atoms with Crippen molar-refractivity contribution in [1.82, 2.24) is 9.97 Å². The first kappa shape index (κ1) is 11.4. The topological polar surface area (TPSA) is 25.8 Å². The van der Waals surface area contributed by atoms with Gasteiger partial charge in [-0.1, -0.05) is 0 Å². The van der Waals surface area contributed by atoms with E-state index in [4.69, 9.17) is 0 Å². The van der Waals surface area contributed by atoms with Crippen LogP contribution in [0.5, 0.6) is 0 Å². The number of alkyl halides is 1. The van der Waals surface area contributed by atoms with Crippen LogP contribution in [0.25, 0.3) is 10.2 Å². The highest BCUT2D eigenvalue weighted by atomic mass is 32.2. The molecule has 90 valence electrons. The summed E-state index contributed by atoms with van der Waals surface area (Å²) < 4.78 is 12.3. The number of fused-ring (bicyclic) bond motifs is 3. The van der Waals surface area contributed by atoms with Gasteiger partial charge in [-0.2, -0.15) is 0 Å². The maximum absolute atomic E-state index is 12.3. The number of halogens is 1. The molecule has 0 aliphatic heterocycles. The highest BCUT2D eigenvalue weighted by molar-refractivity contribution is 7.99. The molecule has 1 aliphatic carbocycles. The van der Waals surface area contributed by atoms with Crippen molar-refractivity contribution < 1.29 is 4.39 Å². The minimum Gasteiger partial charge on any atom is -0.250 e. The maximum Gasteiger partial charge on any atom is 0.128 e. The third-order valence-electron chi connectivity index (χ3n) is 3.03. The second kappa shape index (κ2) is 4.90. The van der Waals surface area contributed by atoms with Gasteiger partial charge in [0.2, 0.25) is 0 Å². The number of hydrogen-bond acceptors (Lipinski definition) is 4. The minimum absolute atomic E-state index is 0.303. The lowest BCUT2D eigenvalue weighted by molar-refractivity contribution is 0.532. The van der Waals surface area contributed by atoms with Gasteiger partial charge in [-0.05, 0) is 31.2 Å². The van der Waals surface area contributed by atoms with Crippen molar-refractivity contribution in [3.05, 3.63) is 16.8 Å². The summed E-state index contributed by atoms with van der Waals surface area (Å²) in [5.41, 5.74) is 1.43. The molecule has 0 aromatic carbocycles. The Bertz CT molecular complexity index is 539. The Kier molecular flexibility index (Phi) is 3.29. The smallest absolute Gasteiger partial charge is 0.128 e. The SMILES string of the molecule is FCCSc1ncnc2sc3c(c12)CCCC3. The predicted molar refractivity (Wildman–Crippen MR) is 70.8 cm³/mol. The van der Waals surface area contributed by atoms with Crippen LogP contribution in [-0.2, 0) is 12.8 Å². The Morgan fingerprint density at radius 1 is 1.29 bits per heavy atom. The third kappa shape index (κ3) is 2.06. The van der Waals surface area contributed by atoms with Gasteiger partial charge >= 0.3 is 0 Å². The number of aromatic nitrogens is 2. The summed E-state index contributed by atoms with van der Waals surface area (Å²) in [5.74, 6) is 0.483. The number of aryl methyl sites for hydroxylation is 2. The van der Waals surface area contributed by atoms with Gasteiger partial charge in [0.1, 0.15) is 16.2 Å². The van der Waals surface area contributed by atoms with Crippen LogP contribution >= 0.6 is 23.1 Å². The van der Waals surface area contributed by atoms with Gasteiger partial charge in [0, 0.05) is 16.0 Å². The second-order valence-corrected chi connectivity index (χ2v) is 6.27. The average Bonchev–Trinajstić information content (AvgIpc) is 2.75. The van der Waals surface area contributed by atoms with Crippen LogP contribution in [0.4, 0.5) is 4.39 Å². The lowest BCUT2D eigenvalue weighted by atomic mass is 9.97. The zero-order chi connectivity index (χ0) is 11.7. The van der Waals surface area contributed by atoms with E-state index in [-0.39, 0.29) is 6.67 Å². The van der Waals surface area contributed by atoms with Crippen LogP contribution in [0.15, 0.2) is 11.4 Å². The number of rotatable bonds is 3. The van der Waals surface area contributed by atoms with Gasteiger partial charge in [-0.15, -0.1) is 23.1 Å². The van der Waals surface area contributed by atoms with Gasteiger partial charge in [-0.3, -0.25) is 4.39 Å². The fraction of sp³-hybridized carbons (Fsp3) is 0.500. The van der Waals surface area contributed by atoms with E-state index in [9.17, 15) is 4.39 Å². The van der Waals surface area contributed by atoms with Crippen molar-refractivity contribution in [2.75, 3.05) is 12.4 Å². The molecule has 0 amide bonds. The fourth-order valence-corrected chi connectivity index (χ4v) is 4.36. The first-order valence-electron chi connectivity index (χ1n) is 5.84. The van der Waals surface area contributed by atoms with Gasteiger partial charge in [0.25, 0.3) is 0 Å². The monoisotopic (exact) mass is 268 g/mol. The standard InChI is InChI=1S/C12H13FN2S2/c13-5-6-16-11-10-8-3-1-2-4-9(8)17-12(10)15-7-14-11/h7H,1-6H2. The first-order chi connectivity index (χ1) is 8.40. The van der Waals surface area contributed by atoms with Gasteiger partial charge in [-0.25, -0.2) is 9.97 Å². The van der Waals surface area contributed by atoms with E-state index >= 15 is 0 Å². The molecule has 0 spiro atoms. The van der Waals surface area contributed by atoms with Gasteiger partial charge < -0.3 is 0 Å². The molecule has 0 N–H and O–H groups in total. The summed E-state index contributed by atoms with van der Waals surface area (Å²) in [5, 5.41) is 2.16. The molecule has 2 aromatic heterocycles. The molecule has 0 atom stereocenters. The molecular formula is C12H13FN2S2. The van der Waals surface area contributed by atoms with E-state index < -0.39 is 0 Å². The van der Waals surface area contributed by atoms with Crippen molar-refractivity contribution in [2.45, 2.75) is 30.7 Å². The first-order valence-corrected chi connectivity index (χ1v) is 7.64. The van der Waals surface area contributed by atoms with Crippen LogP contribution in [0.1, 0.15) is 23.3 Å². The van der Waals surface area contributed by atoms with Crippen molar-refractivity contribution >= 4 is 33.3 Å². The van der Waals surface area contributed by atoms with E-state index in [0.717, 1.165) is 16.3 Å². The Balaban J connectivity index is 2.12. The van der Waals surface area contributed by atoms with E-state index in [1.165, 1.54) is 46.9 Å². The predicted octanol–water partition coefficient (Wildman–Crippen LogP) is 3.63. The van der Waals surface area contributed by atoms with E-state index in [0.29, 0.717) is 5.75 Å². The summed E-state index contributed by atoms with van der Waals surface area (Å²) in [4.78, 5) is 11.2. The van der Waals surface area contributed by atoms with E-state index in [2.05, 4.69) is 9.97 Å². The molecular weight excluding hydrogens is 255 g/mol. The Labute approximate surface area is 108 Å². The van der Waals surface area contributed by atoms with Crippen LogP contribution in [0, 0.1) is 0 Å². The fourth-order valence-electron chi connectivity index (χ4n) is 2.31. The summed E-state index contributed by atoms with van der Waals surface area (Å²) in [6.45, 7) is -0.303. The van der Waals surface area contributed by atoms with Crippen LogP contribution < -0.4 is 0 Å². The molecule has 0 unspecified atom stereocenters. The Morgan fingerprint density at radius 3 is 3.06 bits per heavy atom. The molecule has 2 aromatic rings. The lowest BCUT2D eigenvalue weighted by Crippen LogP contribution is -1.99. The van der Waals surface area contributed by atoms with E-state index in [1.54, 1.807) is 17.7 Å². The number of hydrogen-bond donors (Lipinski definition) is 0. The number of thiophene rings is 1. The van der Waals surface area contributed by atoms with Crippen molar-refractivity contribution in [3.8, 4) is 0 Å². The van der Waals surface area contributed by atoms with Gasteiger partial charge in [0.05, 0.1) is 6.67 Å². The van der Waals surface area contributed by atoms with E-state index in [1.807, 2.05) is 0 Å². The summed E-state index contributed by atoms with van der Waals surface area (Å²) in [6.07, 6.45) is 6.43. The van der Waals surface area contributed by atoms with Crippen LogP contribution in [-0.4, -0.2) is 22.4 Å².